The molecule has 1 aromatic heterocycles. The molecule has 0 atom stereocenters. The zero-order valence-electron chi connectivity index (χ0n) is 8.40. The predicted octanol–water partition coefficient (Wildman–Crippen LogP) is 1.83. The molecule has 0 saturated heterocycles. The van der Waals surface area contributed by atoms with Gasteiger partial charge in [-0.15, -0.1) is 0 Å². The fraction of sp³-hybridized carbons (Fsp3) is 0.167. The molecule has 0 unspecified atom stereocenters. The van der Waals surface area contributed by atoms with Crippen molar-refractivity contribution in [1.29, 1.82) is 5.26 Å². The molecule has 0 radical (unpaired) electrons. The van der Waals surface area contributed by atoms with Crippen molar-refractivity contribution in [3.8, 4) is 6.07 Å². The SMILES string of the molecule is Cc1cc(=O)n(CC#N)c2ccccc12. The molecule has 0 aliphatic carbocycles. The van der Waals surface area contributed by atoms with Crippen molar-refractivity contribution in [1.82, 2.24) is 4.57 Å². The second-order valence-electron chi connectivity index (χ2n) is 3.43. The van der Waals surface area contributed by atoms with Crippen molar-refractivity contribution in [2.24, 2.45) is 0 Å². The molecule has 0 spiro atoms. The molecule has 15 heavy (non-hydrogen) atoms. The third-order valence-corrected chi connectivity index (χ3v) is 2.45. The zero-order valence-corrected chi connectivity index (χ0v) is 8.40. The van der Waals surface area contributed by atoms with Gasteiger partial charge >= 0.3 is 0 Å². The van der Waals surface area contributed by atoms with Crippen molar-refractivity contribution in [2.75, 3.05) is 0 Å². The number of pyridine rings is 1. The monoisotopic (exact) mass is 198 g/mol. The first kappa shape index (κ1) is 9.47. The van der Waals surface area contributed by atoms with Crippen LogP contribution in [-0.2, 0) is 6.54 Å². The van der Waals surface area contributed by atoms with Gasteiger partial charge in [-0.3, -0.25) is 9.36 Å². The van der Waals surface area contributed by atoms with Crippen LogP contribution in [0.15, 0.2) is 35.1 Å². The molecule has 0 aliphatic heterocycles. The van der Waals surface area contributed by atoms with Gasteiger partial charge in [-0.2, -0.15) is 5.26 Å². The van der Waals surface area contributed by atoms with Crippen molar-refractivity contribution in [3.05, 3.63) is 46.2 Å². The number of para-hydroxylation sites is 1. The average Bonchev–Trinajstić information content (AvgIpc) is 2.24. The van der Waals surface area contributed by atoms with Gasteiger partial charge < -0.3 is 0 Å². The van der Waals surface area contributed by atoms with Crippen molar-refractivity contribution >= 4 is 10.9 Å². The number of hydrogen-bond acceptors (Lipinski definition) is 2. The van der Waals surface area contributed by atoms with Crippen molar-refractivity contribution in [2.45, 2.75) is 13.5 Å². The maximum absolute atomic E-state index is 11.7. The molecule has 0 N–H and O–H groups in total. The quantitative estimate of drug-likeness (QED) is 0.701. The Labute approximate surface area is 87.2 Å². The summed E-state index contributed by atoms with van der Waals surface area (Å²) in [5.74, 6) is 0. The van der Waals surface area contributed by atoms with Crippen LogP contribution in [0.2, 0.25) is 0 Å². The summed E-state index contributed by atoms with van der Waals surface area (Å²) in [4.78, 5) is 11.7. The van der Waals surface area contributed by atoms with E-state index in [0.717, 1.165) is 16.5 Å². The van der Waals surface area contributed by atoms with Crippen LogP contribution in [0, 0.1) is 18.3 Å². The Bertz CT molecular complexity index is 605. The molecule has 0 amide bonds. The molecule has 2 rings (SSSR count). The molecule has 0 aliphatic rings. The number of aromatic nitrogens is 1. The van der Waals surface area contributed by atoms with Crippen LogP contribution in [0.5, 0.6) is 0 Å². The highest BCUT2D eigenvalue weighted by Gasteiger charge is 2.04. The summed E-state index contributed by atoms with van der Waals surface area (Å²) in [6.07, 6.45) is 0. The van der Waals surface area contributed by atoms with E-state index in [9.17, 15) is 4.79 Å². The van der Waals surface area contributed by atoms with Gasteiger partial charge in [0.25, 0.3) is 5.56 Å². The van der Waals surface area contributed by atoms with E-state index in [1.54, 1.807) is 6.07 Å². The van der Waals surface area contributed by atoms with Gasteiger partial charge in [-0.05, 0) is 18.6 Å². The molecule has 1 heterocycles. The summed E-state index contributed by atoms with van der Waals surface area (Å²) in [6.45, 7) is 2.00. The van der Waals surface area contributed by atoms with Gasteiger partial charge in [-0.1, -0.05) is 18.2 Å². The summed E-state index contributed by atoms with van der Waals surface area (Å²) in [5.41, 5.74) is 1.65. The summed E-state index contributed by atoms with van der Waals surface area (Å²) in [6, 6.07) is 11.2. The molecular weight excluding hydrogens is 188 g/mol. The van der Waals surface area contributed by atoms with Gasteiger partial charge in [-0.25, -0.2) is 0 Å². The number of benzene rings is 1. The van der Waals surface area contributed by atoms with E-state index in [0.29, 0.717) is 0 Å². The molecule has 74 valence electrons. The molecular formula is C12H10N2O. The molecule has 1 aromatic carbocycles. The fourth-order valence-corrected chi connectivity index (χ4v) is 1.74. The molecule has 3 heteroatoms. The normalized spacial score (nSPS) is 10.1. The highest BCUT2D eigenvalue weighted by molar-refractivity contribution is 5.82. The maximum atomic E-state index is 11.7. The predicted molar refractivity (Wildman–Crippen MR) is 58.6 cm³/mol. The first-order valence-electron chi connectivity index (χ1n) is 4.70. The summed E-state index contributed by atoms with van der Waals surface area (Å²) < 4.78 is 1.49. The number of nitriles is 1. The number of fused-ring (bicyclic) bond motifs is 1. The Morgan fingerprint density at radius 2 is 2.13 bits per heavy atom. The molecule has 2 aromatic rings. The zero-order chi connectivity index (χ0) is 10.8. The van der Waals surface area contributed by atoms with Crippen LogP contribution in [0.3, 0.4) is 0 Å². The maximum Gasteiger partial charge on any atom is 0.252 e. The lowest BCUT2D eigenvalue weighted by Gasteiger charge is -2.07. The second-order valence-corrected chi connectivity index (χ2v) is 3.43. The molecule has 0 bridgehead atoms. The van der Waals surface area contributed by atoms with Crippen molar-refractivity contribution in [3.63, 3.8) is 0 Å². The lowest BCUT2D eigenvalue weighted by atomic mass is 10.1. The summed E-state index contributed by atoms with van der Waals surface area (Å²) in [5, 5.41) is 9.68. The van der Waals surface area contributed by atoms with Crippen molar-refractivity contribution < 1.29 is 0 Å². The summed E-state index contributed by atoms with van der Waals surface area (Å²) >= 11 is 0. The fourth-order valence-electron chi connectivity index (χ4n) is 1.74. The molecule has 3 nitrogen and oxygen atoms in total. The van der Waals surface area contributed by atoms with E-state index in [2.05, 4.69) is 0 Å². The number of hydrogen-bond donors (Lipinski definition) is 0. The van der Waals surface area contributed by atoms with Crippen LogP contribution >= 0.6 is 0 Å². The topological polar surface area (TPSA) is 45.8 Å². The standard InChI is InChI=1S/C12H10N2O/c1-9-8-12(15)14(7-6-13)11-5-3-2-4-10(9)11/h2-5,8H,7H2,1H3. The molecule has 0 fully saturated rings. The van der Waals surface area contributed by atoms with Gasteiger partial charge in [0.2, 0.25) is 0 Å². The third kappa shape index (κ3) is 1.50. The van der Waals surface area contributed by atoms with Gasteiger partial charge in [0, 0.05) is 11.5 Å². The minimum atomic E-state index is -0.118. The van der Waals surface area contributed by atoms with Crippen LogP contribution < -0.4 is 5.56 Å². The van der Waals surface area contributed by atoms with E-state index >= 15 is 0 Å². The highest BCUT2D eigenvalue weighted by Crippen LogP contribution is 2.15. The van der Waals surface area contributed by atoms with E-state index in [1.165, 1.54) is 4.57 Å². The minimum absolute atomic E-state index is 0.0969. The van der Waals surface area contributed by atoms with E-state index in [4.69, 9.17) is 5.26 Å². The van der Waals surface area contributed by atoms with Crippen LogP contribution in [0.1, 0.15) is 5.56 Å². The first-order chi connectivity index (χ1) is 7.24. The van der Waals surface area contributed by atoms with Crippen LogP contribution in [0.25, 0.3) is 10.9 Å². The average molecular weight is 198 g/mol. The highest BCUT2D eigenvalue weighted by atomic mass is 16.1. The largest absolute Gasteiger partial charge is 0.294 e. The first-order valence-corrected chi connectivity index (χ1v) is 4.70. The lowest BCUT2D eigenvalue weighted by molar-refractivity contribution is 0.825. The Morgan fingerprint density at radius 1 is 1.40 bits per heavy atom. The third-order valence-electron chi connectivity index (χ3n) is 2.45. The smallest absolute Gasteiger partial charge is 0.252 e. The van der Waals surface area contributed by atoms with E-state index < -0.39 is 0 Å². The molecule has 0 saturated carbocycles. The number of rotatable bonds is 1. The summed E-state index contributed by atoms with van der Waals surface area (Å²) in [7, 11) is 0. The van der Waals surface area contributed by atoms with Gasteiger partial charge in [0.15, 0.2) is 0 Å². The van der Waals surface area contributed by atoms with Crippen LogP contribution in [-0.4, -0.2) is 4.57 Å². The number of aryl methyl sites for hydroxylation is 1. The van der Waals surface area contributed by atoms with Crippen LogP contribution in [0.4, 0.5) is 0 Å². The Balaban J connectivity index is 2.91. The lowest BCUT2D eigenvalue weighted by Crippen LogP contribution is -2.19. The second kappa shape index (κ2) is 3.58. The minimum Gasteiger partial charge on any atom is -0.294 e. The van der Waals surface area contributed by atoms with E-state index in [1.807, 2.05) is 37.3 Å². The Hall–Kier alpha value is -2.08. The number of nitrogens with zero attached hydrogens (tertiary/aromatic N) is 2. The van der Waals surface area contributed by atoms with Gasteiger partial charge in [0.1, 0.15) is 6.54 Å². The van der Waals surface area contributed by atoms with E-state index in [-0.39, 0.29) is 12.1 Å². The van der Waals surface area contributed by atoms with Gasteiger partial charge in [0.05, 0.1) is 11.6 Å². The Morgan fingerprint density at radius 3 is 2.87 bits per heavy atom. The Kier molecular flexibility index (Phi) is 2.26.